The van der Waals surface area contributed by atoms with E-state index < -0.39 is 0 Å². The summed E-state index contributed by atoms with van der Waals surface area (Å²) in [5.41, 5.74) is 0.153. The van der Waals surface area contributed by atoms with Crippen LogP contribution in [0.2, 0.25) is 0 Å². The summed E-state index contributed by atoms with van der Waals surface area (Å²) in [7, 11) is 0. The molecule has 1 aliphatic rings. The van der Waals surface area contributed by atoms with Crippen molar-refractivity contribution in [2.75, 3.05) is 13.1 Å². The molecule has 0 N–H and O–H groups in total. The van der Waals surface area contributed by atoms with Crippen LogP contribution in [0.15, 0.2) is 10.3 Å². The number of nitrogens with zero attached hydrogens (tertiary/aromatic N) is 3. The molecule has 0 aliphatic carbocycles. The molecule has 1 rings (SSSR count). The van der Waals surface area contributed by atoms with Crippen LogP contribution in [0.5, 0.6) is 0 Å². The maximum absolute atomic E-state index is 3.97. The summed E-state index contributed by atoms with van der Waals surface area (Å²) in [5, 5.41) is 9.85. The lowest BCUT2D eigenvalue weighted by Gasteiger charge is -2.27. The SMILES string of the molecule is CC(C)(C)N1CCN=N1. The molecule has 0 bridgehead atoms. The second-order valence-corrected chi connectivity index (χ2v) is 3.25. The molecule has 3 nitrogen and oxygen atoms in total. The molecular formula is C6H13N3. The van der Waals surface area contributed by atoms with E-state index >= 15 is 0 Å². The Morgan fingerprint density at radius 1 is 1.33 bits per heavy atom. The summed E-state index contributed by atoms with van der Waals surface area (Å²) < 4.78 is 0. The van der Waals surface area contributed by atoms with Crippen molar-refractivity contribution in [3.63, 3.8) is 0 Å². The van der Waals surface area contributed by atoms with E-state index in [1.54, 1.807) is 0 Å². The van der Waals surface area contributed by atoms with Gasteiger partial charge in [-0.1, -0.05) is 5.22 Å². The Kier molecular flexibility index (Phi) is 1.43. The highest BCUT2D eigenvalue weighted by atomic mass is 15.6. The fraction of sp³-hybridized carbons (Fsp3) is 1.00. The smallest absolute Gasteiger partial charge is 0.0813 e. The van der Waals surface area contributed by atoms with Crippen LogP contribution < -0.4 is 0 Å². The molecule has 0 fully saturated rings. The lowest BCUT2D eigenvalue weighted by atomic mass is 10.1. The normalized spacial score (nSPS) is 19.2. The van der Waals surface area contributed by atoms with Gasteiger partial charge in [0.2, 0.25) is 0 Å². The zero-order valence-electron chi connectivity index (χ0n) is 6.26. The van der Waals surface area contributed by atoms with Crippen molar-refractivity contribution in [2.45, 2.75) is 26.3 Å². The minimum atomic E-state index is 0.153. The topological polar surface area (TPSA) is 28.0 Å². The van der Waals surface area contributed by atoms with Gasteiger partial charge in [-0.05, 0) is 20.8 Å². The van der Waals surface area contributed by atoms with Crippen molar-refractivity contribution in [3.05, 3.63) is 0 Å². The van der Waals surface area contributed by atoms with Gasteiger partial charge in [0.1, 0.15) is 0 Å². The van der Waals surface area contributed by atoms with Gasteiger partial charge >= 0.3 is 0 Å². The molecule has 0 aromatic rings. The maximum atomic E-state index is 3.97. The molecule has 52 valence electrons. The molecular weight excluding hydrogens is 114 g/mol. The Labute approximate surface area is 55.7 Å². The largest absolute Gasteiger partial charge is 0.272 e. The third-order valence-corrected chi connectivity index (χ3v) is 1.36. The van der Waals surface area contributed by atoms with Crippen molar-refractivity contribution >= 4 is 0 Å². The minimum absolute atomic E-state index is 0.153. The van der Waals surface area contributed by atoms with Gasteiger partial charge in [0.25, 0.3) is 0 Å². The van der Waals surface area contributed by atoms with Gasteiger partial charge in [-0.3, -0.25) is 5.01 Å². The van der Waals surface area contributed by atoms with Crippen LogP contribution >= 0.6 is 0 Å². The summed E-state index contributed by atoms with van der Waals surface area (Å²) >= 11 is 0. The Hall–Kier alpha value is -0.600. The molecule has 0 saturated heterocycles. The summed E-state index contributed by atoms with van der Waals surface area (Å²) in [4.78, 5) is 0. The van der Waals surface area contributed by atoms with Gasteiger partial charge in [0, 0.05) is 0 Å². The molecule has 0 amide bonds. The summed E-state index contributed by atoms with van der Waals surface area (Å²) in [5.74, 6) is 0. The van der Waals surface area contributed by atoms with Crippen molar-refractivity contribution in [2.24, 2.45) is 10.3 Å². The highest BCUT2D eigenvalue weighted by Gasteiger charge is 2.21. The van der Waals surface area contributed by atoms with Gasteiger partial charge in [-0.15, -0.1) is 0 Å². The molecule has 0 spiro atoms. The fourth-order valence-corrected chi connectivity index (χ4v) is 0.775. The van der Waals surface area contributed by atoms with Gasteiger partial charge in [-0.2, -0.15) is 5.11 Å². The van der Waals surface area contributed by atoms with E-state index in [9.17, 15) is 0 Å². The average molecular weight is 127 g/mol. The maximum Gasteiger partial charge on any atom is 0.0813 e. The van der Waals surface area contributed by atoms with Crippen LogP contribution in [0.25, 0.3) is 0 Å². The first kappa shape index (κ1) is 6.52. The first-order chi connectivity index (χ1) is 4.11. The second kappa shape index (κ2) is 1.97. The summed E-state index contributed by atoms with van der Waals surface area (Å²) in [6, 6.07) is 0. The average Bonchev–Trinajstić information content (AvgIpc) is 2.08. The zero-order valence-corrected chi connectivity index (χ0v) is 6.26. The molecule has 0 saturated carbocycles. The number of hydrogen-bond acceptors (Lipinski definition) is 3. The molecule has 0 radical (unpaired) electrons. The van der Waals surface area contributed by atoms with E-state index in [2.05, 4.69) is 31.1 Å². The highest BCUT2D eigenvalue weighted by molar-refractivity contribution is 4.74. The van der Waals surface area contributed by atoms with Crippen LogP contribution in [-0.4, -0.2) is 23.6 Å². The Bertz CT molecular complexity index is 123. The first-order valence-electron chi connectivity index (χ1n) is 3.26. The summed E-state index contributed by atoms with van der Waals surface area (Å²) in [6.45, 7) is 8.24. The van der Waals surface area contributed by atoms with Crippen LogP contribution in [-0.2, 0) is 0 Å². The van der Waals surface area contributed by atoms with Crippen LogP contribution in [0.4, 0.5) is 0 Å². The molecule has 0 aromatic carbocycles. The summed E-state index contributed by atoms with van der Waals surface area (Å²) in [6.07, 6.45) is 0. The molecule has 1 heterocycles. The molecule has 3 heteroatoms. The van der Waals surface area contributed by atoms with Crippen molar-refractivity contribution in [1.82, 2.24) is 5.01 Å². The quantitative estimate of drug-likeness (QED) is 0.484. The monoisotopic (exact) mass is 127 g/mol. The lowest BCUT2D eigenvalue weighted by Crippen LogP contribution is -2.35. The van der Waals surface area contributed by atoms with Crippen LogP contribution in [0.3, 0.4) is 0 Å². The van der Waals surface area contributed by atoms with E-state index in [1.807, 2.05) is 5.01 Å². The van der Waals surface area contributed by atoms with E-state index in [0.717, 1.165) is 13.1 Å². The van der Waals surface area contributed by atoms with Crippen LogP contribution in [0, 0.1) is 0 Å². The molecule has 9 heavy (non-hydrogen) atoms. The molecule has 0 aromatic heterocycles. The van der Waals surface area contributed by atoms with E-state index in [0.29, 0.717) is 0 Å². The molecule has 0 unspecified atom stereocenters. The van der Waals surface area contributed by atoms with Gasteiger partial charge in [-0.25, -0.2) is 0 Å². The molecule has 1 aliphatic heterocycles. The van der Waals surface area contributed by atoms with Gasteiger partial charge < -0.3 is 0 Å². The van der Waals surface area contributed by atoms with E-state index in [1.165, 1.54) is 0 Å². The van der Waals surface area contributed by atoms with Gasteiger partial charge in [0.15, 0.2) is 0 Å². The lowest BCUT2D eigenvalue weighted by molar-refractivity contribution is 0.161. The molecule has 0 atom stereocenters. The third kappa shape index (κ3) is 1.40. The Morgan fingerprint density at radius 3 is 2.22 bits per heavy atom. The first-order valence-corrected chi connectivity index (χ1v) is 3.26. The number of rotatable bonds is 0. The van der Waals surface area contributed by atoms with Gasteiger partial charge in [0.05, 0.1) is 18.6 Å². The van der Waals surface area contributed by atoms with Crippen molar-refractivity contribution in [3.8, 4) is 0 Å². The predicted octanol–water partition coefficient (Wildman–Crippen LogP) is 1.47. The Balaban J connectivity index is 2.53. The van der Waals surface area contributed by atoms with Crippen LogP contribution in [0.1, 0.15) is 20.8 Å². The van der Waals surface area contributed by atoms with Crippen molar-refractivity contribution in [1.29, 1.82) is 0 Å². The minimum Gasteiger partial charge on any atom is -0.272 e. The fourth-order valence-electron chi connectivity index (χ4n) is 0.775. The Morgan fingerprint density at radius 2 is 2.00 bits per heavy atom. The van der Waals surface area contributed by atoms with Crippen molar-refractivity contribution < 1.29 is 0 Å². The van der Waals surface area contributed by atoms with E-state index in [4.69, 9.17) is 0 Å². The zero-order chi connectivity index (χ0) is 6.91. The second-order valence-electron chi connectivity index (χ2n) is 3.25. The van der Waals surface area contributed by atoms with E-state index in [-0.39, 0.29) is 5.54 Å². The third-order valence-electron chi connectivity index (χ3n) is 1.36. The highest BCUT2D eigenvalue weighted by Crippen LogP contribution is 2.16. The standard InChI is InChI=1S/C6H13N3/c1-6(2,3)9-5-4-7-8-9/h4-5H2,1-3H3. The number of hydrogen-bond donors (Lipinski definition) is 0. The predicted molar refractivity (Wildman–Crippen MR) is 36.2 cm³/mol.